The molecule has 334 valence electrons. The van der Waals surface area contributed by atoms with Crippen molar-refractivity contribution in [3.63, 3.8) is 0 Å². The fourth-order valence-corrected chi connectivity index (χ4v) is 8.97. The molecular weight excluding hydrogens is 791 g/mol. The van der Waals surface area contributed by atoms with Gasteiger partial charge >= 0.3 is 17.9 Å². The average molecular weight is 855 g/mol. The minimum atomic E-state index is -1.51. The van der Waals surface area contributed by atoms with Crippen molar-refractivity contribution in [3.8, 4) is 0 Å². The highest BCUT2D eigenvalue weighted by Gasteiger charge is 2.53. The van der Waals surface area contributed by atoms with Gasteiger partial charge in [-0.05, 0) is 43.2 Å². The fourth-order valence-electron chi connectivity index (χ4n) is 8.97. The first kappa shape index (κ1) is 48.0. The first-order valence-corrected chi connectivity index (χ1v) is 21.3. The van der Waals surface area contributed by atoms with E-state index in [1.54, 1.807) is 0 Å². The molecular formula is C49H64N3O10+. The Labute approximate surface area is 365 Å². The van der Waals surface area contributed by atoms with Crippen molar-refractivity contribution in [2.45, 2.75) is 119 Å². The average Bonchev–Trinajstić information content (AvgIpc) is 4.01. The van der Waals surface area contributed by atoms with E-state index in [1.165, 1.54) is 32.5 Å². The number of nitrogens with zero attached hydrogens (tertiary/aromatic N) is 2. The summed E-state index contributed by atoms with van der Waals surface area (Å²) in [4.78, 5) is 37.2. The van der Waals surface area contributed by atoms with Crippen molar-refractivity contribution in [2.24, 2.45) is 5.73 Å². The van der Waals surface area contributed by atoms with E-state index in [1.807, 2.05) is 97.1 Å². The molecule has 3 unspecified atom stereocenters. The molecule has 3 fully saturated rings. The molecule has 0 saturated heterocycles. The Balaban J connectivity index is 0.000000190. The van der Waals surface area contributed by atoms with Crippen LogP contribution in [0.15, 0.2) is 121 Å². The molecule has 4 aromatic rings. The summed E-state index contributed by atoms with van der Waals surface area (Å²) in [5.74, 6) is -1.70. The Morgan fingerprint density at radius 1 is 0.565 bits per heavy atom. The summed E-state index contributed by atoms with van der Waals surface area (Å²) in [7, 11) is 3.88. The molecule has 3 saturated carbocycles. The van der Waals surface area contributed by atoms with Gasteiger partial charge in [0, 0.05) is 62.0 Å². The Morgan fingerprint density at radius 3 is 1.31 bits per heavy atom. The molecule has 62 heavy (non-hydrogen) atoms. The van der Waals surface area contributed by atoms with E-state index >= 15 is 0 Å². The monoisotopic (exact) mass is 854 g/mol. The van der Waals surface area contributed by atoms with E-state index in [2.05, 4.69) is 33.9 Å². The predicted molar refractivity (Wildman–Crippen MR) is 232 cm³/mol. The standard InChI is InChI=1S/C21H26NO4.C21H25NO3.C7H13NO3/c1-26-20(23)21(24)13-12-19(14-21)22(25,15-17-8-4-2-5-9-17)16-18-10-6-3-7-11-18;1-25-20(23)21(24)13-12-19(14-21)22(15-17-8-4-2-5-9-17)16-18-10-6-3-7-11-18;1-11-6(9)7(10)3-2-5(8)4-7/h2-11,19,24-25H,12-16H2,1H3;2-11,19,24H,12-16H2,1H3;5,10H,2-4,8H2,1H3/q+1;;/t2*19-,21?;5-,7?/m000/s1. The van der Waals surface area contributed by atoms with Gasteiger partial charge in [0.15, 0.2) is 16.8 Å². The number of hydroxylamine groups is 3. The normalized spacial score (nSPS) is 25.5. The summed E-state index contributed by atoms with van der Waals surface area (Å²) >= 11 is 0. The second kappa shape index (κ2) is 21.9. The van der Waals surface area contributed by atoms with Crippen LogP contribution in [-0.4, -0.2) is 104 Å². The minimum absolute atomic E-state index is 0.0703. The first-order valence-electron chi connectivity index (χ1n) is 21.3. The Hall–Kier alpha value is -4.99. The van der Waals surface area contributed by atoms with Crippen molar-refractivity contribution in [3.05, 3.63) is 144 Å². The summed E-state index contributed by atoms with van der Waals surface area (Å²) in [5, 5.41) is 42.4. The maximum atomic E-state index is 12.0. The maximum Gasteiger partial charge on any atom is 0.338 e. The van der Waals surface area contributed by atoms with Gasteiger partial charge in [0.1, 0.15) is 19.1 Å². The van der Waals surface area contributed by atoms with Crippen molar-refractivity contribution in [2.75, 3.05) is 21.3 Å². The topological polar surface area (TPSA) is 189 Å². The van der Waals surface area contributed by atoms with E-state index in [9.17, 15) is 34.9 Å². The summed E-state index contributed by atoms with van der Waals surface area (Å²) in [6.07, 6.45) is 4.12. The second-order valence-electron chi connectivity index (χ2n) is 17.0. The minimum Gasteiger partial charge on any atom is -0.467 e. The molecule has 13 heteroatoms. The van der Waals surface area contributed by atoms with Crippen LogP contribution in [0.5, 0.6) is 0 Å². The number of carbonyl (C=O) groups excluding carboxylic acids is 3. The highest BCUT2D eigenvalue weighted by Crippen LogP contribution is 2.39. The molecule has 0 aromatic heterocycles. The van der Waals surface area contributed by atoms with Crippen molar-refractivity contribution in [1.82, 2.24) is 4.90 Å². The van der Waals surface area contributed by atoms with Gasteiger partial charge in [0.05, 0.1) is 21.3 Å². The van der Waals surface area contributed by atoms with Crippen LogP contribution in [0.25, 0.3) is 0 Å². The van der Waals surface area contributed by atoms with E-state index in [0.29, 0.717) is 58.0 Å². The number of carbonyl (C=O) groups is 3. The molecule has 7 rings (SSSR count). The Bertz CT molecular complexity index is 1930. The predicted octanol–water partition coefficient (Wildman–Crippen LogP) is 5.60. The second-order valence-corrected chi connectivity index (χ2v) is 17.0. The van der Waals surface area contributed by atoms with E-state index < -0.39 is 34.7 Å². The van der Waals surface area contributed by atoms with Gasteiger partial charge in [0.25, 0.3) is 0 Å². The molecule has 6 atom stereocenters. The van der Waals surface area contributed by atoms with Crippen molar-refractivity contribution < 1.29 is 53.8 Å². The largest absolute Gasteiger partial charge is 0.467 e. The highest BCUT2D eigenvalue weighted by molar-refractivity contribution is 5.80. The third-order valence-electron chi connectivity index (χ3n) is 12.4. The Morgan fingerprint density at radius 2 is 0.919 bits per heavy atom. The van der Waals surface area contributed by atoms with E-state index in [0.717, 1.165) is 30.6 Å². The smallest absolute Gasteiger partial charge is 0.338 e. The first-order chi connectivity index (χ1) is 29.6. The molecule has 3 aliphatic carbocycles. The van der Waals surface area contributed by atoms with Crippen LogP contribution in [0.4, 0.5) is 0 Å². The summed E-state index contributed by atoms with van der Waals surface area (Å²) in [6, 6.07) is 40.0. The van der Waals surface area contributed by atoms with Gasteiger partial charge in [0.2, 0.25) is 0 Å². The molecule has 6 N–H and O–H groups in total. The maximum absolute atomic E-state index is 12.0. The van der Waals surface area contributed by atoms with Gasteiger partial charge in [-0.15, -0.1) is 0 Å². The van der Waals surface area contributed by atoms with Crippen LogP contribution in [0, 0.1) is 0 Å². The molecule has 0 amide bonds. The van der Waals surface area contributed by atoms with Crippen LogP contribution in [0.1, 0.15) is 80.0 Å². The summed E-state index contributed by atoms with van der Waals surface area (Å²) in [6.45, 7) is 2.41. The van der Waals surface area contributed by atoms with Gasteiger partial charge in [-0.25, -0.2) is 19.6 Å². The van der Waals surface area contributed by atoms with E-state index in [4.69, 9.17) is 15.2 Å². The lowest BCUT2D eigenvalue weighted by atomic mass is 10.0. The lowest BCUT2D eigenvalue weighted by Gasteiger charge is -2.36. The molecule has 13 nitrogen and oxygen atoms in total. The number of hydrogen-bond donors (Lipinski definition) is 5. The lowest BCUT2D eigenvalue weighted by molar-refractivity contribution is -1.14. The number of rotatable bonds is 13. The number of ether oxygens (including phenoxy) is 3. The third kappa shape index (κ3) is 12.8. The molecule has 0 heterocycles. The van der Waals surface area contributed by atoms with Crippen LogP contribution < -0.4 is 5.73 Å². The number of esters is 3. The summed E-state index contributed by atoms with van der Waals surface area (Å²) in [5.41, 5.74) is 5.84. The Kier molecular flexibility index (Phi) is 17.0. The number of methoxy groups -OCH3 is 3. The number of nitrogens with two attached hydrogens (primary N) is 1. The van der Waals surface area contributed by atoms with Crippen LogP contribution in [0.3, 0.4) is 0 Å². The number of hydrogen-bond acceptors (Lipinski definition) is 12. The highest BCUT2D eigenvalue weighted by atomic mass is 16.6. The van der Waals surface area contributed by atoms with Gasteiger partial charge < -0.3 is 35.3 Å². The molecule has 3 aliphatic rings. The van der Waals surface area contributed by atoms with Gasteiger partial charge in [-0.1, -0.05) is 121 Å². The molecule has 0 radical (unpaired) electrons. The molecule has 4 aromatic carbocycles. The zero-order valence-corrected chi connectivity index (χ0v) is 36.2. The lowest BCUT2D eigenvalue weighted by Crippen LogP contribution is -2.52. The molecule has 0 spiro atoms. The number of quaternary nitrogens is 1. The van der Waals surface area contributed by atoms with E-state index in [-0.39, 0.29) is 29.2 Å². The zero-order chi connectivity index (χ0) is 44.8. The van der Waals surface area contributed by atoms with Crippen LogP contribution in [-0.2, 0) is 54.8 Å². The van der Waals surface area contributed by atoms with Crippen molar-refractivity contribution in [1.29, 1.82) is 0 Å². The van der Waals surface area contributed by atoms with Crippen LogP contribution in [0.2, 0.25) is 0 Å². The van der Waals surface area contributed by atoms with Gasteiger partial charge in [-0.2, -0.15) is 4.65 Å². The fraction of sp³-hybridized carbons (Fsp3) is 0.449. The van der Waals surface area contributed by atoms with Crippen LogP contribution >= 0.6 is 0 Å². The number of aliphatic hydroxyl groups is 3. The van der Waals surface area contributed by atoms with Crippen molar-refractivity contribution >= 4 is 17.9 Å². The van der Waals surface area contributed by atoms with Gasteiger partial charge in [-0.3, -0.25) is 4.90 Å². The summed E-state index contributed by atoms with van der Waals surface area (Å²) < 4.78 is 13.7. The number of benzene rings is 4. The quantitative estimate of drug-likeness (QED) is 0.0486. The molecule has 0 aliphatic heterocycles. The third-order valence-corrected chi connectivity index (χ3v) is 12.4. The SMILES string of the molecule is COC(=O)C1(O)CC[C@H](N(Cc2ccccc2)Cc2ccccc2)C1.COC(=O)C1(O)CC[C@H](N)C1.COC(=O)C1(O)CC[C@H]([N+](O)(Cc2ccccc2)Cc2ccccc2)C1. The zero-order valence-electron chi connectivity index (χ0n) is 36.2. The molecule has 0 bridgehead atoms.